The van der Waals surface area contributed by atoms with Gasteiger partial charge in [-0.3, -0.25) is 4.79 Å². The third-order valence-electron chi connectivity index (χ3n) is 2.49. The van der Waals surface area contributed by atoms with Crippen LogP contribution in [0.15, 0.2) is 18.2 Å². The Balaban J connectivity index is 2.93. The van der Waals surface area contributed by atoms with Crippen LogP contribution in [0.25, 0.3) is 0 Å². The number of halogens is 1. The average Bonchev–Trinajstić information content (AvgIpc) is 2.30. The molecule has 0 aliphatic carbocycles. The van der Waals surface area contributed by atoms with Gasteiger partial charge in [-0.2, -0.15) is 0 Å². The van der Waals surface area contributed by atoms with Crippen molar-refractivity contribution < 1.29 is 19.1 Å². The minimum atomic E-state index is -1.20. The summed E-state index contributed by atoms with van der Waals surface area (Å²) in [5.41, 5.74) is 5.31. The van der Waals surface area contributed by atoms with E-state index in [0.29, 0.717) is 0 Å². The standard InChI is InChI=1S/C12H15FN2O3/c1-6(2)10(14)11(16)15-9-5-7(12(17)18)3-4-8(9)13/h3-6,10H,14H2,1-2H3,(H,15,16)(H,17,18)/t10-/m0/s1. The predicted octanol–water partition coefficient (Wildman–Crippen LogP) is 1.45. The average molecular weight is 254 g/mol. The lowest BCUT2D eigenvalue weighted by Crippen LogP contribution is -2.39. The maximum atomic E-state index is 13.4. The van der Waals surface area contributed by atoms with Crippen LogP contribution in [0, 0.1) is 11.7 Å². The van der Waals surface area contributed by atoms with Crippen LogP contribution < -0.4 is 11.1 Å². The molecule has 1 amide bonds. The number of carbonyl (C=O) groups is 2. The number of hydrogen-bond acceptors (Lipinski definition) is 3. The molecule has 1 rings (SSSR count). The Hall–Kier alpha value is -1.95. The van der Waals surface area contributed by atoms with Gasteiger partial charge in [0.15, 0.2) is 0 Å². The Bertz CT molecular complexity index is 474. The fourth-order valence-corrected chi connectivity index (χ4v) is 1.27. The van der Waals surface area contributed by atoms with Crippen molar-refractivity contribution in [2.45, 2.75) is 19.9 Å². The Kier molecular flexibility index (Phi) is 4.38. The number of nitrogens with two attached hydrogens (primary N) is 1. The van der Waals surface area contributed by atoms with E-state index < -0.39 is 23.7 Å². The Morgan fingerprint density at radius 2 is 2.00 bits per heavy atom. The molecule has 0 saturated carbocycles. The Morgan fingerprint density at radius 1 is 1.39 bits per heavy atom. The summed E-state index contributed by atoms with van der Waals surface area (Å²) in [6.07, 6.45) is 0. The summed E-state index contributed by atoms with van der Waals surface area (Å²) >= 11 is 0. The third kappa shape index (κ3) is 3.27. The number of amides is 1. The zero-order valence-electron chi connectivity index (χ0n) is 10.1. The predicted molar refractivity (Wildman–Crippen MR) is 64.8 cm³/mol. The van der Waals surface area contributed by atoms with Crippen LogP contribution in [0.2, 0.25) is 0 Å². The van der Waals surface area contributed by atoms with E-state index >= 15 is 0 Å². The van der Waals surface area contributed by atoms with Crippen LogP contribution in [0.3, 0.4) is 0 Å². The summed E-state index contributed by atoms with van der Waals surface area (Å²) in [4.78, 5) is 22.4. The molecule has 6 heteroatoms. The second-order valence-electron chi connectivity index (χ2n) is 4.26. The summed E-state index contributed by atoms with van der Waals surface area (Å²) in [5, 5.41) is 11.1. The summed E-state index contributed by atoms with van der Waals surface area (Å²) in [7, 11) is 0. The van der Waals surface area contributed by atoms with Crippen molar-refractivity contribution in [3.63, 3.8) is 0 Å². The molecule has 0 aliphatic heterocycles. The molecule has 0 aromatic heterocycles. The molecular formula is C12H15FN2O3. The van der Waals surface area contributed by atoms with Gasteiger partial charge in [-0.25, -0.2) is 9.18 Å². The van der Waals surface area contributed by atoms with Gasteiger partial charge in [0.25, 0.3) is 0 Å². The Labute approximate surface area is 104 Å². The molecule has 0 unspecified atom stereocenters. The van der Waals surface area contributed by atoms with Gasteiger partial charge in [0.2, 0.25) is 5.91 Å². The molecule has 4 N–H and O–H groups in total. The summed E-state index contributed by atoms with van der Waals surface area (Å²) in [5.74, 6) is -2.55. The highest BCUT2D eigenvalue weighted by atomic mass is 19.1. The third-order valence-corrected chi connectivity index (χ3v) is 2.49. The zero-order valence-corrected chi connectivity index (χ0v) is 10.1. The van der Waals surface area contributed by atoms with E-state index in [4.69, 9.17) is 10.8 Å². The first-order chi connectivity index (χ1) is 8.32. The maximum absolute atomic E-state index is 13.4. The molecule has 0 bridgehead atoms. The fourth-order valence-electron chi connectivity index (χ4n) is 1.27. The van der Waals surface area contributed by atoms with Crippen LogP contribution in [0.5, 0.6) is 0 Å². The van der Waals surface area contributed by atoms with Gasteiger partial charge in [-0.05, 0) is 24.1 Å². The highest BCUT2D eigenvalue weighted by Gasteiger charge is 2.19. The van der Waals surface area contributed by atoms with Crippen molar-refractivity contribution in [3.8, 4) is 0 Å². The molecule has 0 fully saturated rings. The van der Waals surface area contributed by atoms with Crippen LogP contribution >= 0.6 is 0 Å². The second-order valence-corrected chi connectivity index (χ2v) is 4.26. The second kappa shape index (κ2) is 5.59. The highest BCUT2D eigenvalue weighted by molar-refractivity contribution is 5.96. The van der Waals surface area contributed by atoms with Crippen LogP contribution in [0.1, 0.15) is 24.2 Å². The molecule has 1 aromatic rings. The topological polar surface area (TPSA) is 92.4 Å². The monoisotopic (exact) mass is 254 g/mol. The summed E-state index contributed by atoms with van der Waals surface area (Å²) in [6.45, 7) is 3.52. The molecule has 18 heavy (non-hydrogen) atoms. The van der Waals surface area contributed by atoms with E-state index in [0.717, 1.165) is 18.2 Å². The molecule has 0 spiro atoms. The van der Waals surface area contributed by atoms with Gasteiger partial charge in [-0.15, -0.1) is 0 Å². The van der Waals surface area contributed by atoms with Crippen LogP contribution in [-0.4, -0.2) is 23.0 Å². The summed E-state index contributed by atoms with van der Waals surface area (Å²) < 4.78 is 13.4. The fraction of sp³-hybridized carbons (Fsp3) is 0.333. The van der Waals surface area contributed by atoms with Crippen molar-refractivity contribution in [1.82, 2.24) is 0 Å². The van der Waals surface area contributed by atoms with Crippen molar-refractivity contribution >= 4 is 17.6 Å². The van der Waals surface area contributed by atoms with E-state index in [2.05, 4.69) is 5.32 Å². The lowest BCUT2D eigenvalue weighted by Gasteiger charge is -2.15. The quantitative estimate of drug-likeness (QED) is 0.758. The number of hydrogen-bond donors (Lipinski definition) is 3. The zero-order chi connectivity index (χ0) is 13.9. The SMILES string of the molecule is CC(C)[C@H](N)C(=O)Nc1cc(C(=O)O)ccc1F. The van der Waals surface area contributed by atoms with Gasteiger partial charge in [-0.1, -0.05) is 13.8 Å². The first-order valence-electron chi connectivity index (χ1n) is 5.42. The van der Waals surface area contributed by atoms with Gasteiger partial charge in [0.05, 0.1) is 17.3 Å². The molecule has 1 atom stereocenters. The van der Waals surface area contributed by atoms with Gasteiger partial charge in [0.1, 0.15) is 5.82 Å². The summed E-state index contributed by atoms with van der Waals surface area (Å²) in [6, 6.07) is 2.39. The molecule has 0 saturated heterocycles. The van der Waals surface area contributed by atoms with Gasteiger partial charge in [0, 0.05) is 0 Å². The molecule has 5 nitrogen and oxygen atoms in total. The van der Waals surface area contributed by atoms with Crippen molar-refractivity contribution in [3.05, 3.63) is 29.6 Å². The number of anilines is 1. The van der Waals surface area contributed by atoms with Crippen LogP contribution in [0.4, 0.5) is 10.1 Å². The molecule has 0 heterocycles. The van der Waals surface area contributed by atoms with E-state index in [1.54, 1.807) is 13.8 Å². The van der Waals surface area contributed by atoms with Crippen molar-refractivity contribution in [2.24, 2.45) is 11.7 Å². The largest absolute Gasteiger partial charge is 0.478 e. The smallest absolute Gasteiger partial charge is 0.335 e. The van der Waals surface area contributed by atoms with E-state index in [9.17, 15) is 14.0 Å². The number of nitrogens with one attached hydrogen (secondary N) is 1. The molecule has 98 valence electrons. The van der Waals surface area contributed by atoms with Crippen molar-refractivity contribution in [2.75, 3.05) is 5.32 Å². The number of benzene rings is 1. The van der Waals surface area contributed by atoms with Crippen molar-refractivity contribution in [1.29, 1.82) is 0 Å². The first-order valence-corrected chi connectivity index (χ1v) is 5.42. The number of carboxylic acid groups (broad SMARTS) is 1. The van der Waals surface area contributed by atoms with Gasteiger partial charge >= 0.3 is 5.97 Å². The van der Waals surface area contributed by atoms with E-state index in [-0.39, 0.29) is 17.2 Å². The maximum Gasteiger partial charge on any atom is 0.335 e. The lowest BCUT2D eigenvalue weighted by atomic mass is 10.0. The van der Waals surface area contributed by atoms with Crippen LogP contribution in [-0.2, 0) is 4.79 Å². The van der Waals surface area contributed by atoms with E-state index in [1.165, 1.54) is 0 Å². The van der Waals surface area contributed by atoms with E-state index in [1.807, 2.05) is 0 Å². The normalized spacial score (nSPS) is 12.3. The lowest BCUT2D eigenvalue weighted by molar-refractivity contribution is -0.118. The number of rotatable bonds is 4. The molecular weight excluding hydrogens is 239 g/mol. The Morgan fingerprint density at radius 3 is 2.50 bits per heavy atom. The first kappa shape index (κ1) is 14.1. The number of aromatic carboxylic acids is 1. The number of carbonyl (C=O) groups excluding carboxylic acids is 1. The number of carboxylic acids is 1. The van der Waals surface area contributed by atoms with Gasteiger partial charge < -0.3 is 16.2 Å². The minimum absolute atomic E-state index is 0.101. The highest BCUT2D eigenvalue weighted by Crippen LogP contribution is 2.17. The molecule has 0 aliphatic rings. The minimum Gasteiger partial charge on any atom is -0.478 e. The molecule has 0 radical (unpaired) electrons. The molecule has 1 aromatic carbocycles.